The number of nitrogen functional groups attached to an aromatic ring is 1. The fourth-order valence-corrected chi connectivity index (χ4v) is 1.60. The molecule has 0 atom stereocenters. The fraction of sp³-hybridized carbons (Fsp3) is 0.100. The summed E-state index contributed by atoms with van der Waals surface area (Å²) < 4.78 is 4.97. The molecule has 0 unspecified atom stereocenters. The first-order valence-corrected chi connectivity index (χ1v) is 5.04. The molecule has 0 fully saturated rings. The summed E-state index contributed by atoms with van der Waals surface area (Å²) in [6.07, 6.45) is 0. The SMILES string of the molecule is Cc1ccc([N+](=O)[O-])cc1-c1onc(N)c1Cl. The van der Waals surface area contributed by atoms with E-state index in [1.165, 1.54) is 12.1 Å². The summed E-state index contributed by atoms with van der Waals surface area (Å²) in [5.74, 6) is 0.304. The first kappa shape index (κ1) is 11.4. The Morgan fingerprint density at radius 2 is 2.24 bits per heavy atom. The van der Waals surface area contributed by atoms with Crippen LogP contribution in [-0.2, 0) is 0 Å². The highest BCUT2D eigenvalue weighted by Gasteiger charge is 2.18. The van der Waals surface area contributed by atoms with Gasteiger partial charge in [0.2, 0.25) is 0 Å². The van der Waals surface area contributed by atoms with E-state index in [-0.39, 0.29) is 22.3 Å². The number of halogens is 1. The van der Waals surface area contributed by atoms with Crippen molar-refractivity contribution < 1.29 is 9.45 Å². The first-order chi connectivity index (χ1) is 8.00. The van der Waals surface area contributed by atoms with Gasteiger partial charge in [0.25, 0.3) is 5.69 Å². The van der Waals surface area contributed by atoms with Crippen LogP contribution in [-0.4, -0.2) is 10.1 Å². The predicted octanol–water partition coefficient (Wildman–Crippen LogP) is 2.79. The van der Waals surface area contributed by atoms with Gasteiger partial charge in [-0.1, -0.05) is 22.8 Å². The van der Waals surface area contributed by atoms with Gasteiger partial charge < -0.3 is 10.3 Å². The number of non-ortho nitro benzene ring substituents is 1. The van der Waals surface area contributed by atoms with Crippen molar-refractivity contribution in [2.75, 3.05) is 5.73 Å². The van der Waals surface area contributed by atoms with E-state index < -0.39 is 4.92 Å². The molecule has 1 heterocycles. The molecule has 0 spiro atoms. The van der Waals surface area contributed by atoms with Crippen LogP contribution < -0.4 is 5.73 Å². The van der Waals surface area contributed by atoms with Crippen LogP contribution in [0, 0.1) is 17.0 Å². The van der Waals surface area contributed by atoms with E-state index in [1.807, 2.05) is 0 Å². The highest BCUT2D eigenvalue weighted by molar-refractivity contribution is 6.35. The molecular formula is C10H8ClN3O3. The summed E-state index contributed by atoms with van der Waals surface area (Å²) in [5.41, 5.74) is 6.70. The molecule has 6 nitrogen and oxygen atoms in total. The normalized spacial score (nSPS) is 10.5. The zero-order valence-electron chi connectivity index (χ0n) is 8.81. The van der Waals surface area contributed by atoms with Crippen LogP contribution in [0.4, 0.5) is 11.5 Å². The molecule has 0 radical (unpaired) electrons. The summed E-state index contributed by atoms with van der Waals surface area (Å²) in [5, 5.41) is 14.4. The number of nitro benzene ring substituents is 1. The van der Waals surface area contributed by atoms with Crippen molar-refractivity contribution in [3.8, 4) is 11.3 Å². The van der Waals surface area contributed by atoms with Crippen LogP contribution in [0.1, 0.15) is 5.56 Å². The predicted molar refractivity (Wildman–Crippen MR) is 62.8 cm³/mol. The summed E-state index contributed by atoms with van der Waals surface area (Å²) in [6, 6.07) is 4.40. The lowest BCUT2D eigenvalue weighted by atomic mass is 10.1. The summed E-state index contributed by atoms with van der Waals surface area (Å²) >= 11 is 5.90. The van der Waals surface area contributed by atoms with Gasteiger partial charge in [0.05, 0.1) is 4.92 Å². The van der Waals surface area contributed by atoms with Gasteiger partial charge in [-0.05, 0) is 12.5 Å². The summed E-state index contributed by atoms with van der Waals surface area (Å²) in [7, 11) is 0. The first-order valence-electron chi connectivity index (χ1n) is 4.66. The molecule has 0 aliphatic heterocycles. The number of aryl methyl sites for hydroxylation is 1. The van der Waals surface area contributed by atoms with Crippen LogP contribution in [0.2, 0.25) is 5.02 Å². The van der Waals surface area contributed by atoms with Crippen molar-refractivity contribution in [2.45, 2.75) is 6.92 Å². The number of aromatic nitrogens is 1. The molecule has 88 valence electrons. The van der Waals surface area contributed by atoms with Crippen molar-refractivity contribution in [3.63, 3.8) is 0 Å². The zero-order chi connectivity index (χ0) is 12.6. The van der Waals surface area contributed by atoms with Gasteiger partial charge in [-0.15, -0.1) is 0 Å². The maximum absolute atomic E-state index is 10.7. The average molecular weight is 254 g/mol. The second-order valence-corrected chi connectivity index (χ2v) is 3.85. The third-order valence-corrected chi connectivity index (χ3v) is 2.70. The van der Waals surface area contributed by atoms with E-state index in [0.717, 1.165) is 5.56 Å². The van der Waals surface area contributed by atoms with Crippen molar-refractivity contribution >= 4 is 23.1 Å². The minimum atomic E-state index is -0.490. The lowest BCUT2D eigenvalue weighted by Crippen LogP contribution is -1.90. The number of rotatable bonds is 2. The third kappa shape index (κ3) is 1.94. The zero-order valence-corrected chi connectivity index (χ0v) is 9.56. The minimum absolute atomic E-state index is 0.0448. The van der Waals surface area contributed by atoms with Crippen LogP contribution in [0.5, 0.6) is 0 Å². The molecule has 17 heavy (non-hydrogen) atoms. The molecule has 2 aromatic rings. The van der Waals surface area contributed by atoms with E-state index in [9.17, 15) is 10.1 Å². The number of anilines is 1. The third-order valence-electron chi connectivity index (χ3n) is 2.34. The van der Waals surface area contributed by atoms with Crippen molar-refractivity contribution in [2.24, 2.45) is 0 Å². The van der Waals surface area contributed by atoms with E-state index in [4.69, 9.17) is 21.9 Å². The maximum Gasteiger partial charge on any atom is 0.270 e. The Balaban J connectivity index is 2.62. The number of nitrogens with two attached hydrogens (primary N) is 1. The Bertz CT molecular complexity index is 594. The Labute approximate surface area is 101 Å². The average Bonchev–Trinajstić information content (AvgIpc) is 2.60. The van der Waals surface area contributed by atoms with Crippen molar-refractivity contribution in [3.05, 3.63) is 38.9 Å². The minimum Gasteiger partial charge on any atom is -0.380 e. The molecular weight excluding hydrogens is 246 g/mol. The van der Waals surface area contributed by atoms with Gasteiger partial charge in [0.15, 0.2) is 11.6 Å². The van der Waals surface area contributed by atoms with E-state index >= 15 is 0 Å². The van der Waals surface area contributed by atoms with Gasteiger partial charge in [-0.25, -0.2) is 0 Å². The van der Waals surface area contributed by atoms with E-state index in [1.54, 1.807) is 13.0 Å². The van der Waals surface area contributed by atoms with Gasteiger partial charge in [-0.3, -0.25) is 10.1 Å². The lowest BCUT2D eigenvalue weighted by molar-refractivity contribution is -0.384. The summed E-state index contributed by atoms with van der Waals surface area (Å²) in [4.78, 5) is 10.2. The molecule has 0 aliphatic rings. The van der Waals surface area contributed by atoms with Gasteiger partial charge in [-0.2, -0.15) is 0 Å². The Hall–Kier alpha value is -2.08. The Morgan fingerprint density at radius 3 is 2.76 bits per heavy atom. The monoisotopic (exact) mass is 253 g/mol. The smallest absolute Gasteiger partial charge is 0.270 e. The molecule has 2 N–H and O–H groups in total. The fourth-order valence-electron chi connectivity index (χ4n) is 1.43. The topological polar surface area (TPSA) is 95.2 Å². The van der Waals surface area contributed by atoms with Crippen LogP contribution >= 0.6 is 11.6 Å². The second kappa shape index (κ2) is 4.06. The van der Waals surface area contributed by atoms with Crippen LogP contribution in [0.25, 0.3) is 11.3 Å². The van der Waals surface area contributed by atoms with Crippen molar-refractivity contribution in [1.82, 2.24) is 5.16 Å². The highest BCUT2D eigenvalue weighted by atomic mass is 35.5. The van der Waals surface area contributed by atoms with E-state index in [2.05, 4.69) is 5.16 Å². The number of hydrogen-bond donors (Lipinski definition) is 1. The standard InChI is InChI=1S/C10H8ClN3O3/c1-5-2-3-6(14(15)16)4-7(5)9-8(11)10(12)13-17-9/h2-4H,1H3,(H2,12,13). The quantitative estimate of drug-likeness (QED) is 0.656. The molecule has 1 aromatic carbocycles. The molecule has 2 rings (SSSR count). The van der Waals surface area contributed by atoms with Crippen LogP contribution in [0.15, 0.2) is 22.7 Å². The van der Waals surface area contributed by atoms with Gasteiger partial charge in [0, 0.05) is 17.7 Å². The highest BCUT2D eigenvalue weighted by Crippen LogP contribution is 2.35. The van der Waals surface area contributed by atoms with Crippen LogP contribution in [0.3, 0.4) is 0 Å². The lowest BCUT2D eigenvalue weighted by Gasteiger charge is -2.01. The molecule has 0 aliphatic carbocycles. The Morgan fingerprint density at radius 1 is 1.53 bits per heavy atom. The summed E-state index contributed by atoms with van der Waals surface area (Å²) in [6.45, 7) is 1.79. The van der Waals surface area contributed by atoms with E-state index in [0.29, 0.717) is 5.56 Å². The maximum atomic E-state index is 10.7. The van der Waals surface area contributed by atoms with Gasteiger partial charge in [0.1, 0.15) is 5.02 Å². The largest absolute Gasteiger partial charge is 0.380 e. The Kier molecular flexibility index (Phi) is 2.72. The number of benzene rings is 1. The number of hydrogen-bond acceptors (Lipinski definition) is 5. The molecule has 0 bridgehead atoms. The number of nitro groups is 1. The molecule has 0 saturated carbocycles. The molecule has 0 saturated heterocycles. The second-order valence-electron chi connectivity index (χ2n) is 3.47. The van der Waals surface area contributed by atoms with Gasteiger partial charge >= 0.3 is 0 Å². The number of nitrogens with zero attached hydrogens (tertiary/aromatic N) is 2. The van der Waals surface area contributed by atoms with Crippen molar-refractivity contribution in [1.29, 1.82) is 0 Å². The molecule has 7 heteroatoms. The molecule has 0 amide bonds. The molecule has 1 aromatic heterocycles.